The molecule has 0 bridgehead atoms. The molecule has 108 valence electrons. The highest BCUT2D eigenvalue weighted by Gasteiger charge is 2.60. The van der Waals surface area contributed by atoms with Crippen LogP contribution in [0.4, 0.5) is 11.6 Å². The highest BCUT2D eigenvalue weighted by atomic mass is 16.6. The van der Waals surface area contributed by atoms with E-state index in [-0.39, 0.29) is 17.7 Å². The first kappa shape index (κ1) is 13.8. The predicted molar refractivity (Wildman–Crippen MR) is 61.0 cm³/mol. The zero-order valence-electron chi connectivity index (χ0n) is 10.2. The fourth-order valence-corrected chi connectivity index (χ4v) is 2.15. The minimum absolute atomic E-state index is 0.00130. The van der Waals surface area contributed by atoms with Crippen LogP contribution < -0.4 is 5.43 Å². The van der Waals surface area contributed by atoms with Crippen molar-refractivity contribution in [1.82, 2.24) is 10.3 Å². The second-order valence-corrected chi connectivity index (χ2v) is 4.40. The van der Waals surface area contributed by atoms with E-state index in [2.05, 4.69) is 14.9 Å². The molecular formula is C8H11N6O6+. The van der Waals surface area contributed by atoms with Crippen molar-refractivity contribution < 1.29 is 19.3 Å². The number of anilines is 1. The molecule has 0 aliphatic heterocycles. The van der Waals surface area contributed by atoms with Gasteiger partial charge in [-0.15, -0.1) is 4.63 Å². The Morgan fingerprint density at radius 2 is 1.75 bits per heavy atom. The third-order valence-corrected chi connectivity index (χ3v) is 3.22. The van der Waals surface area contributed by atoms with Gasteiger partial charge in [-0.1, -0.05) is 11.8 Å². The molecule has 1 heterocycles. The van der Waals surface area contributed by atoms with E-state index >= 15 is 0 Å². The quantitative estimate of drug-likeness (QED) is 0.361. The van der Waals surface area contributed by atoms with Gasteiger partial charge in [0, 0.05) is 5.16 Å². The molecule has 0 unspecified atom stereocenters. The maximum Gasteiger partial charge on any atom is 0.478 e. The van der Waals surface area contributed by atoms with Crippen molar-refractivity contribution in [2.24, 2.45) is 0 Å². The second-order valence-electron chi connectivity index (χ2n) is 4.40. The molecule has 1 N–H and O–H groups in total. The number of hydrazine groups is 1. The van der Waals surface area contributed by atoms with E-state index in [0.29, 0.717) is 12.8 Å². The van der Waals surface area contributed by atoms with Crippen LogP contribution in [0.3, 0.4) is 0 Å². The molecule has 1 saturated carbocycles. The minimum Gasteiger partial charge on any atom is -0.358 e. The number of nitrogens with zero attached hydrogens (tertiary/aromatic N) is 5. The summed E-state index contributed by atoms with van der Waals surface area (Å²) in [6.45, 7) is 0. The maximum atomic E-state index is 12.0. The van der Waals surface area contributed by atoms with Crippen LogP contribution >= 0.6 is 0 Å². The van der Waals surface area contributed by atoms with Crippen LogP contribution in [0.5, 0.6) is 0 Å². The Hall–Kier alpha value is -2.66. The Balaban J connectivity index is 2.23. The Morgan fingerprint density at radius 3 is 2.30 bits per heavy atom. The largest absolute Gasteiger partial charge is 0.478 e. The molecular weight excluding hydrogens is 276 g/mol. The van der Waals surface area contributed by atoms with Gasteiger partial charge in [-0.3, -0.25) is 10.1 Å². The molecule has 0 aromatic carbocycles. The molecule has 0 spiro atoms. The molecule has 1 aromatic rings. The summed E-state index contributed by atoms with van der Waals surface area (Å²) in [5, 5.41) is 28.0. The molecule has 12 nitrogen and oxygen atoms in total. The highest BCUT2D eigenvalue weighted by molar-refractivity contribution is 5.46. The number of aromatic nitrogens is 2. The Bertz CT molecular complexity index is 549. The minimum atomic E-state index is -1.86. The SMILES string of the molecule is O=[N+]([O-])c1nonc1N[N+](=O)C1([N+](=O)[O-])CCCCC1. The molecule has 20 heavy (non-hydrogen) atoms. The Labute approximate surface area is 110 Å². The van der Waals surface area contributed by atoms with E-state index < -0.39 is 27.1 Å². The Kier molecular flexibility index (Phi) is 3.54. The van der Waals surface area contributed by atoms with Crippen LogP contribution in [0.2, 0.25) is 0 Å². The molecule has 1 aliphatic rings. The molecule has 1 aliphatic carbocycles. The van der Waals surface area contributed by atoms with E-state index in [1.807, 2.05) is 5.43 Å². The zero-order valence-corrected chi connectivity index (χ0v) is 10.2. The Morgan fingerprint density at radius 1 is 1.10 bits per heavy atom. The van der Waals surface area contributed by atoms with Crippen LogP contribution in [-0.2, 0) is 0 Å². The van der Waals surface area contributed by atoms with Crippen molar-refractivity contribution in [1.29, 1.82) is 0 Å². The lowest BCUT2D eigenvalue weighted by Crippen LogP contribution is -2.51. The van der Waals surface area contributed by atoms with E-state index in [1.165, 1.54) is 0 Å². The second kappa shape index (κ2) is 5.14. The average Bonchev–Trinajstić information content (AvgIpc) is 2.87. The molecule has 12 heteroatoms. The van der Waals surface area contributed by atoms with Gasteiger partial charge >= 0.3 is 17.3 Å². The molecule has 0 saturated heterocycles. The topological polar surface area (TPSA) is 157 Å². The van der Waals surface area contributed by atoms with Crippen molar-refractivity contribution in [3.8, 4) is 0 Å². The summed E-state index contributed by atoms with van der Waals surface area (Å²) in [7, 11) is 0. The molecule has 2 rings (SSSR count). The lowest BCUT2D eigenvalue weighted by molar-refractivity contribution is -0.815. The maximum absolute atomic E-state index is 12.0. The fraction of sp³-hybridized carbons (Fsp3) is 0.750. The van der Waals surface area contributed by atoms with Gasteiger partial charge in [0.05, 0.1) is 17.7 Å². The van der Waals surface area contributed by atoms with Gasteiger partial charge in [0.1, 0.15) is 4.92 Å². The summed E-state index contributed by atoms with van der Waals surface area (Å²) < 4.78 is 4.15. The summed E-state index contributed by atoms with van der Waals surface area (Å²) in [5.41, 5.74) is 0.135. The van der Waals surface area contributed by atoms with Crippen molar-refractivity contribution >= 4 is 11.6 Å². The summed E-state index contributed by atoms with van der Waals surface area (Å²) in [4.78, 5) is 32.2. The number of nitroso groups, excluding NO2 is 1. The summed E-state index contributed by atoms with van der Waals surface area (Å²) >= 11 is 0. The van der Waals surface area contributed by atoms with Crippen LogP contribution in [0, 0.1) is 25.1 Å². The monoisotopic (exact) mass is 287 g/mol. The number of nitrogens with one attached hydrogen (secondary N) is 1. The van der Waals surface area contributed by atoms with Gasteiger partial charge in [0.15, 0.2) is 5.16 Å². The van der Waals surface area contributed by atoms with Crippen LogP contribution in [-0.4, -0.2) is 30.7 Å². The molecule has 1 aromatic heterocycles. The van der Waals surface area contributed by atoms with Gasteiger partial charge in [-0.25, -0.2) is 0 Å². The number of nitro groups is 2. The molecule has 1 fully saturated rings. The van der Waals surface area contributed by atoms with Gasteiger partial charge in [-0.2, -0.15) is 0 Å². The third-order valence-electron chi connectivity index (χ3n) is 3.22. The van der Waals surface area contributed by atoms with Crippen LogP contribution in [0.15, 0.2) is 4.63 Å². The van der Waals surface area contributed by atoms with Crippen LogP contribution in [0.1, 0.15) is 32.1 Å². The number of hydrogen-bond donors (Lipinski definition) is 1. The van der Waals surface area contributed by atoms with Gasteiger partial charge in [0.2, 0.25) is 4.87 Å². The summed E-state index contributed by atoms with van der Waals surface area (Å²) in [6.07, 6.45) is 1.96. The van der Waals surface area contributed by atoms with Crippen molar-refractivity contribution in [3.05, 3.63) is 25.1 Å². The van der Waals surface area contributed by atoms with E-state index in [9.17, 15) is 25.1 Å². The van der Waals surface area contributed by atoms with Gasteiger partial charge in [0.25, 0.3) is 0 Å². The first-order chi connectivity index (χ1) is 9.47. The van der Waals surface area contributed by atoms with Crippen molar-refractivity contribution in [3.63, 3.8) is 0 Å². The average molecular weight is 287 g/mol. The van der Waals surface area contributed by atoms with Crippen LogP contribution in [0.25, 0.3) is 0 Å². The number of rotatable bonds is 5. The first-order valence-corrected chi connectivity index (χ1v) is 5.83. The van der Waals surface area contributed by atoms with Gasteiger partial charge < -0.3 is 10.1 Å². The van der Waals surface area contributed by atoms with E-state index in [1.54, 1.807) is 0 Å². The smallest absolute Gasteiger partial charge is 0.358 e. The molecule has 0 radical (unpaired) electrons. The first-order valence-electron chi connectivity index (χ1n) is 5.83. The lowest BCUT2D eigenvalue weighted by atomic mass is 9.90. The van der Waals surface area contributed by atoms with E-state index in [4.69, 9.17) is 0 Å². The summed E-state index contributed by atoms with van der Waals surface area (Å²) in [6, 6.07) is 0. The summed E-state index contributed by atoms with van der Waals surface area (Å²) in [5.74, 6) is -1.36. The van der Waals surface area contributed by atoms with Gasteiger partial charge in [-0.05, 0) is 17.8 Å². The fourth-order valence-electron chi connectivity index (χ4n) is 2.15. The highest BCUT2D eigenvalue weighted by Crippen LogP contribution is 2.32. The standard InChI is InChI=1S/C8H11N6O6/c15-12(16)7-6(10-20-11-7)9-13(17)8(14(18)19)4-2-1-3-5-8/h1-5H2,(H,9,10,17)/q+1. The zero-order chi connectivity index (χ0) is 14.8. The predicted octanol–water partition coefficient (Wildman–Crippen LogP) is 1.02. The van der Waals surface area contributed by atoms with Crippen molar-refractivity contribution in [2.75, 3.05) is 5.43 Å². The molecule has 0 amide bonds. The van der Waals surface area contributed by atoms with Crippen molar-refractivity contribution in [2.45, 2.75) is 37.8 Å². The lowest BCUT2D eigenvalue weighted by Gasteiger charge is -2.19. The number of hydrogen-bond acceptors (Lipinski definition) is 8. The van der Waals surface area contributed by atoms with E-state index in [0.717, 1.165) is 6.42 Å². The molecule has 0 atom stereocenters. The normalized spacial score (nSPS) is 17.4. The third kappa shape index (κ3) is 2.26.